The summed E-state index contributed by atoms with van der Waals surface area (Å²) in [6.07, 6.45) is 2.63. The van der Waals surface area contributed by atoms with Gasteiger partial charge in [-0.3, -0.25) is 0 Å². The maximum Gasteiger partial charge on any atom is 0.144 e. The molecule has 88 valence electrons. The smallest absolute Gasteiger partial charge is 0.144 e. The Hall–Kier alpha value is -1.74. The number of nitrogen functional groups attached to an aromatic ring is 1. The zero-order valence-corrected chi connectivity index (χ0v) is 10.1. The maximum absolute atomic E-state index is 5.99. The molecule has 0 aliphatic rings. The van der Waals surface area contributed by atoms with Crippen LogP contribution in [0.2, 0.25) is 5.02 Å². The lowest BCUT2D eigenvalue weighted by molar-refractivity contribution is 1.01. The van der Waals surface area contributed by atoms with E-state index in [9.17, 15) is 0 Å². The highest BCUT2D eigenvalue weighted by Gasteiger charge is 1.99. The quantitative estimate of drug-likeness (QED) is 0.817. The lowest BCUT2D eigenvalue weighted by Gasteiger charge is -2.07. The van der Waals surface area contributed by atoms with E-state index in [4.69, 9.17) is 17.3 Å². The molecule has 0 spiro atoms. The second-order valence-electron chi connectivity index (χ2n) is 3.75. The maximum atomic E-state index is 5.99. The minimum atomic E-state index is 0.643. The summed E-state index contributed by atoms with van der Waals surface area (Å²) in [6, 6.07) is 11.5. The third-order valence-corrected chi connectivity index (χ3v) is 2.75. The molecule has 1 aromatic heterocycles. The fourth-order valence-electron chi connectivity index (χ4n) is 1.53. The third kappa shape index (κ3) is 3.36. The molecule has 0 fully saturated rings. The number of nitrogens with two attached hydrogens (primary N) is 1. The van der Waals surface area contributed by atoms with Crippen molar-refractivity contribution in [2.24, 2.45) is 0 Å². The normalized spacial score (nSPS) is 10.2. The molecule has 0 aliphatic heterocycles. The van der Waals surface area contributed by atoms with E-state index in [0.717, 1.165) is 24.5 Å². The van der Waals surface area contributed by atoms with Gasteiger partial charge in [-0.1, -0.05) is 23.7 Å². The van der Waals surface area contributed by atoms with Gasteiger partial charge in [0.2, 0.25) is 0 Å². The number of anilines is 2. The van der Waals surface area contributed by atoms with Crippen LogP contribution in [0.5, 0.6) is 0 Å². The van der Waals surface area contributed by atoms with Crippen molar-refractivity contribution in [1.82, 2.24) is 4.98 Å². The number of nitrogens with zero attached hydrogens (tertiary/aromatic N) is 1. The Kier molecular flexibility index (Phi) is 3.83. The van der Waals surface area contributed by atoms with E-state index in [1.165, 1.54) is 5.56 Å². The van der Waals surface area contributed by atoms with Crippen LogP contribution >= 0.6 is 11.6 Å². The van der Waals surface area contributed by atoms with Gasteiger partial charge in [0.25, 0.3) is 0 Å². The lowest BCUT2D eigenvalue weighted by Crippen LogP contribution is -2.06. The number of aromatic nitrogens is 1. The van der Waals surface area contributed by atoms with E-state index in [-0.39, 0.29) is 0 Å². The van der Waals surface area contributed by atoms with E-state index in [2.05, 4.69) is 10.3 Å². The van der Waals surface area contributed by atoms with Crippen molar-refractivity contribution >= 4 is 23.1 Å². The van der Waals surface area contributed by atoms with Gasteiger partial charge < -0.3 is 11.1 Å². The van der Waals surface area contributed by atoms with E-state index in [1.54, 1.807) is 6.20 Å². The van der Waals surface area contributed by atoms with Crippen molar-refractivity contribution in [2.45, 2.75) is 6.42 Å². The summed E-state index contributed by atoms with van der Waals surface area (Å²) < 4.78 is 0. The molecule has 0 aliphatic carbocycles. The minimum absolute atomic E-state index is 0.643. The van der Waals surface area contributed by atoms with Gasteiger partial charge >= 0.3 is 0 Å². The first kappa shape index (κ1) is 11.7. The highest BCUT2D eigenvalue weighted by atomic mass is 35.5. The van der Waals surface area contributed by atoms with Crippen molar-refractivity contribution in [3.05, 3.63) is 53.2 Å². The van der Waals surface area contributed by atoms with Gasteiger partial charge in [0, 0.05) is 18.4 Å². The first-order valence-electron chi connectivity index (χ1n) is 5.44. The first-order chi connectivity index (χ1) is 8.25. The van der Waals surface area contributed by atoms with Crippen LogP contribution < -0.4 is 11.1 Å². The highest BCUT2D eigenvalue weighted by Crippen LogP contribution is 2.17. The second kappa shape index (κ2) is 5.55. The van der Waals surface area contributed by atoms with Crippen LogP contribution in [0.4, 0.5) is 11.5 Å². The van der Waals surface area contributed by atoms with Crippen molar-refractivity contribution in [2.75, 3.05) is 17.6 Å². The molecule has 2 aromatic rings. The second-order valence-corrected chi connectivity index (χ2v) is 4.16. The van der Waals surface area contributed by atoms with E-state index in [1.807, 2.05) is 36.4 Å². The monoisotopic (exact) mass is 247 g/mol. The van der Waals surface area contributed by atoms with Crippen LogP contribution in [0, 0.1) is 0 Å². The van der Waals surface area contributed by atoms with Gasteiger partial charge in [-0.2, -0.15) is 0 Å². The Morgan fingerprint density at radius 2 is 1.94 bits per heavy atom. The fraction of sp³-hybridized carbons (Fsp3) is 0.154. The standard InChI is InChI=1S/C13H14ClN3/c14-12-2-1-8-16-13(12)17-9-7-10-3-5-11(15)6-4-10/h1-6,8H,7,9,15H2,(H,16,17). The van der Waals surface area contributed by atoms with E-state index in [0.29, 0.717) is 5.02 Å². The molecule has 17 heavy (non-hydrogen) atoms. The van der Waals surface area contributed by atoms with Gasteiger partial charge in [0.15, 0.2) is 0 Å². The first-order valence-corrected chi connectivity index (χ1v) is 5.82. The molecule has 0 saturated heterocycles. The molecular weight excluding hydrogens is 234 g/mol. The summed E-state index contributed by atoms with van der Waals surface area (Å²) >= 11 is 5.99. The topological polar surface area (TPSA) is 50.9 Å². The summed E-state index contributed by atoms with van der Waals surface area (Å²) in [4.78, 5) is 4.16. The number of rotatable bonds is 4. The Labute approximate surface area is 106 Å². The molecule has 0 saturated carbocycles. The van der Waals surface area contributed by atoms with E-state index >= 15 is 0 Å². The number of hydrogen-bond donors (Lipinski definition) is 2. The molecule has 3 nitrogen and oxygen atoms in total. The van der Waals surface area contributed by atoms with Crippen LogP contribution in [-0.2, 0) is 6.42 Å². The SMILES string of the molecule is Nc1ccc(CCNc2ncccc2Cl)cc1. The average molecular weight is 248 g/mol. The predicted molar refractivity (Wildman–Crippen MR) is 72.3 cm³/mol. The minimum Gasteiger partial charge on any atom is -0.399 e. The summed E-state index contributed by atoms with van der Waals surface area (Å²) in [5, 5.41) is 3.85. The van der Waals surface area contributed by atoms with Crippen molar-refractivity contribution in [3.63, 3.8) is 0 Å². The molecule has 0 bridgehead atoms. The van der Waals surface area contributed by atoms with Gasteiger partial charge in [0.05, 0.1) is 5.02 Å². The Morgan fingerprint density at radius 1 is 1.18 bits per heavy atom. The Balaban J connectivity index is 1.88. The molecule has 0 radical (unpaired) electrons. The van der Waals surface area contributed by atoms with Crippen LogP contribution in [-0.4, -0.2) is 11.5 Å². The van der Waals surface area contributed by atoms with E-state index < -0.39 is 0 Å². The van der Waals surface area contributed by atoms with Gasteiger partial charge in [-0.15, -0.1) is 0 Å². The van der Waals surface area contributed by atoms with Crippen LogP contribution in [0.25, 0.3) is 0 Å². The third-order valence-electron chi connectivity index (χ3n) is 2.44. The summed E-state index contributed by atoms with van der Waals surface area (Å²) in [6.45, 7) is 0.792. The van der Waals surface area contributed by atoms with Crippen molar-refractivity contribution in [3.8, 4) is 0 Å². The van der Waals surface area contributed by atoms with Gasteiger partial charge in [0.1, 0.15) is 5.82 Å². The highest BCUT2D eigenvalue weighted by molar-refractivity contribution is 6.32. The molecule has 1 aromatic carbocycles. The summed E-state index contributed by atoms with van der Waals surface area (Å²) in [5.41, 5.74) is 7.64. The Bertz CT molecular complexity index is 482. The zero-order valence-electron chi connectivity index (χ0n) is 9.36. The molecular formula is C13H14ClN3. The molecule has 4 heteroatoms. The molecule has 3 N–H and O–H groups in total. The number of halogens is 1. The average Bonchev–Trinajstić information content (AvgIpc) is 2.34. The molecule has 0 atom stereocenters. The lowest BCUT2D eigenvalue weighted by atomic mass is 10.1. The number of benzene rings is 1. The zero-order chi connectivity index (χ0) is 12.1. The van der Waals surface area contributed by atoms with Crippen molar-refractivity contribution in [1.29, 1.82) is 0 Å². The largest absolute Gasteiger partial charge is 0.399 e. The van der Waals surface area contributed by atoms with Crippen LogP contribution in [0.3, 0.4) is 0 Å². The molecule has 1 heterocycles. The van der Waals surface area contributed by atoms with Crippen molar-refractivity contribution < 1.29 is 0 Å². The number of hydrogen-bond acceptors (Lipinski definition) is 3. The fourth-order valence-corrected chi connectivity index (χ4v) is 1.71. The molecule has 0 amide bonds. The predicted octanol–water partition coefficient (Wildman–Crippen LogP) is 2.97. The van der Waals surface area contributed by atoms with Crippen LogP contribution in [0.15, 0.2) is 42.6 Å². The summed E-state index contributed by atoms with van der Waals surface area (Å²) in [5.74, 6) is 0.726. The van der Waals surface area contributed by atoms with Gasteiger partial charge in [-0.25, -0.2) is 4.98 Å². The van der Waals surface area contributed by atoms with Gasteiger partial charge in [-0.05, 0) is 36.2 Å². The summed E-state index contributed by atoms with van der Waals surface area (Å²) in [7, 11) is 0. The van der Waals surface area contributed by atoms with Crippen LogP contribution in [0.1, 0.15) is 5.56 Å². The number of nitrogens with one attached hydrogen (secondary N) is 1. The number of pyridine rings is 1. The molecule has 2 rings (SSSR count). The molecule has 0 unspecified atom stereocenters. The Morgan fingerprint density at radius 3 is 2.65 bits per heavy atom.